The summed E-state index contributed by atoms with van der Waals surface area (Å²) in [5.41, 5.74) is 1.74. The van der Waals surface area contributed by atoms with E-state index in [-0.39, 0.29) is 11.9 Å². The average molecular weight is 277 g/mol. The quantitative estimate of drug-likeness (QED) is 0.821. The highest BCUT2D eigenvalue weighted by Gasteiger charge is 2.10. The summed E-state index contributed by atoms with van der Waals surface area (Å²) in [5.74, 6) is -0.115. The van der Waals surface area contributed by atoms with E-state index in [0.717, 1.165) is 24.8 Å². The van der Waals surface area contributed by atoms with Crippen molar-refractivity contribution in [1.29, 1.82) is 0 Å². The predicted molar refractivity (Wildman–Crippen MR) is 80.2 cm³/mol. The number of benzene rings is 1. The van der Waals surface area contributed by atoms with Gasteiger partial charge in [-0.05, 0) is 61.9 Å². The maximum atomic E-state index is 13.6. The number of hydrogen-bond acceptors (Lipinski definition) is 2. The predicted octanol–water partition coefficient (Wildman–Crippen LogP) is 4.48. The summed E-state index contributed by atoms with van der Waals surface area (Å²) in [6.07, 6.45) is 3.24. The molecule has 19 heavy (non-hydrogen) atoms. The fourth-order valence-electron chi connectivity index (χ4n) is 2.24. The van der Waals surface area contributed by atoms with Gasteiger partial charge in [-0.1, -0.05) is 18.2 Å². The Bertz CT molecular complexity index is 507. The van der Waals surface area contributed by atoms with E-state index in [4.69, 9.17) is 0 Å². The lowest BCUT2D eigenvalue weighted by atomic mass is 9.99. The SMILES string of the molecule is CNC(CCCc1cccs1)c1ccc(C)c(F)c1. The molecular formula is C16H20FNS. The lowest BCUT2D eigenvalue weighted by Gasteiger charge is -2.17. The van der Waals surface area contributed by atoms with E-state index in [1.165, 1.54) is 4.88 Å². The Hall–Kier alpha value is -1.19. The minimum atomic E-state index is -0.115. The van der Waals surface area contributed by atoms with Crippen LogP contribution in [0.5, 0.6) is 0 Å². The van der Waals surface area contributed by atoms with Crippen molar-refractivity contribution in [3.8, 4) is 0 Å². The van der Waals surface area contributed by atoms with Gasteiger partial charge in [0.15, 0.2) is 0 Å². The highest BCUT2D eigenvalue weighted by molar-refractivity contribution is 7.09. The number of rotatable bonds is 6. The fourth-order valence-corrected chi connectivity index (χ4v) is 2.99. The van der Waals surface area contributed by atoms with Crippen LogP contribution in [0.2, 0.25) is 0 Å². The molecule has 0 saturated heterocycles. The van der Waals surface area contributed by atoms with Crippen molar-refractivity contribution in [1.82, 2.24) is 5.32 Å². The van der Waals surface area contributed by atoms with E-state index in [1.807, 2.05) is 19.2 Å². The maximum absolute atomic E-state index is 13.6. The molecule has 1 unspecified atom stereocenters. The van der Waals surface area contributed by atoms with Gasteiger partial charge in [0.1, 0.15) is 5.82 Å². The Morgan fingerprint density at radius 2 is 2.16 bits per heavy atom. The van der Waals surface area contributed by atoms with Crippen molar-refractivity contribution in [2.45, 2.75) is 32.2 Å². The van der Waals surface area contributed by atoms with Gasteiger partial charge in [0.2, 0.25) is 0 Å². The third-order valence-electron chi connectivity index (χ3n) is 3.44. The van der Waals surface area contributed by atoms with E-state index < -0.39 is 0 Å². The molecule has 1 nitrogen and oxygen atoms in total. The molecule has 1 atom stereocenters. The molecule has 1 aromatic carbocycles. The molecule has 1 heterocycles. The second kappa shape index (κ2) is 6.83. The molecule has 0 spiro atoms. The second-order valence-electron chi connectivity index (χ2n) is 4.82. The summed E-state index contributed by atoms with van der Waals surface area (Å²) >= 11 is 1.80. The van der Waals surface area contributed by atoms with E-state index >= 15 is 0 Å². The van der Waals surface area contributed by atoms with Gasteiger partial charge in [0, 0.05) is 10.9 Å². The first-order valence-electron chi connectivity index (χ1n) is 6.66. The molecule has 1 aromatic heterocycles. The first-order valence-corrected chi connectivity index (χ1v) is 7.54. The van der Waals surface area contributed by atoms with Gasteiger partial charge in [-0.15, -0.1) is 11.3 Å². The van der Waals surface area contributed by atoms with Gasteiger partial charge < -0.3 is 5.32 Å². The number of nitrogens with one attached hydrogen (secondary N) is 1. The van der Waals surface area contributed by atoms with Crippen molar-refractivity contribution in [3.05, 3.63) is 57.5 Å². The molecule has 0 aliphatic rings. The van der Waals surface area contributed by atoms with Crippen LogP contribution in [-0.4, -0.2) is 7.05 Å². The van der Waals surface area contributed by atoms with E-state index in [9.17, 15) is 4.39 Å². The molecule has 0 radical (unpaired) electrons. The van der Waals surface area contributed by atoms with E-state index in [0.29, 0.717) is 5.56 Å². The van der Waals surface area contributed by atoms with Gasteiger partial charge >= 0.3 is 0 Å². The zero-order valence-electron chi connectivity index (χ0n) is 11.4. The van der Waals surface area contributed by atoms with Crippen LogP contribution in [0.25, 0.3) is 0 Å². The minimum absolute atomic E-state index is 0.115. The summed E-state index contributed by atoms with van der Waals surface area (Å²) in [6, 6.07) is 10.0. The minimum Gasteiger partial charge on any atom is -0.313 e. The average Bonchev–Trinajstić information content (AvgIpc) is 2.91. The Kier molecular flexibility index (Phi) is 5.11. The van der Waals surface area contributed by atoms with Gasteiger partial charge in [-0.3, -0.25) is 0 Å². The molecule has 0 aliphatic heterocycles. The van der Waals surface area contributed by atoms with Gasteiger partial charge in [-0.25, -0.2) is 4.39 Å². The molecule has 2 aromatic rings. The normalized spacial score (nSPS) is 12.6. The molecule has 0 aliphatic carbocycles. The Balaban J connectivity index is 1.93. The molecule has 3 heteroatoms. The van der Waals surface area contributed by atoms with E-state index in [1.54, 1.807) is 24.3 Å². The summed E-state index contributed by atoms with van der Waals surface area (Å²) < 4.78 is 13.6. The smallest absolute Gasteiger partial charge is 0.126 e. The summed E-state index contributed by atoms with van der Waals surface area (Å²) in [5, 5.41) is 5.39. The maximum Gasteiger partial charge on any atom is 0.126 e. The molecule has 0 bridgehead atoms. The summed E-state index contributed by atoms with van der Waals surface area (Å²) in [6.45, 7) is 1.80. The van der Waals surface area contributed by atoms with Crippen LogP contribution in [0.1, 0.15) is 34.9 Å². The molecule has 0 fully saturated rings. The standard InChI is InChI=1S/C16H20FNS/c1-12-8-9-13(11-15(12)17)16(18-2)7-3-5-14-6-4-10-19-14/h4,6,8-11,16,18H,3,5,7H2,1-2H3. The molecule has 1 N–H and O–H groups in total. The van der Waals surface area contributed by atoms with Crippen LogP contribution in [-0.2, 0) is 6.42 Å². The van der Waals surface area contributed by atoms with Crippen molar-refractivity contribution in [3.63, 3.8) is 0 Å². The molecule has 0 saturated carbocycles. The second-order valence-corrected chi connectivity index (χ2v) is 5.85. The Morgan fingerprint density at radius 1 is 1.32 bits per heavy atom. The van der Waals surface area contributed by atoms with Gasteiger partial charge in [-0.2, -0.15) is 0 Å². The number of halogens is 1. The zero-order chi connectivity index (χ0) is 13.7. The van der Waals surface area contributed by atoms with Crippen LogP contribution in [0.15, 0.2) is 35.7 Å². The van der Waals surface area contributed by atoms with Crippen LogP contribution >= 0.6 is 11.3 Å². The van der Waals surface area contributed by atoms with Crippen LogP contribution in [0.3, 0.4) is 0 Å². The Labute approximate surface area is 118 Å². The molecule has 102 valence electrons. The number of aryl methyl sites for hydroxylation is 2. The third kappa shape index (κ3) is 3.88. The monoisotopic (exact) mass is 277 g/mol. The highest BCUT2D eigenvalue weighted by atomic mass is 32.1. The first-order chi connectivity index (χ1) is 9.20. The Morgan fingerprint density at radius 3 is 2.79 bits per heavy atom. The highest BCUT2D eigenvalue weighted by Crippen LogP contribution is 2.22. The molecule has 0 amide bonds. The van der Waals surface area contributed by atoms with Crippen molar-refractivity contribution < 1.29 is 4.39 Å². The summed E-state index contributed by atoms with van der Waals surface area (Å²) in [7, 11) is 1.94. The number of thiophene rings is 1. The fraction of sp³-hybridized carbons (Fsp3) is 0.375. The molecular weight excluding hydrogens is 257 g/mol. The number of hydrogen-bond donors (Lipinski definition) is 1. The van der Waals surface area contributed by atoms with Gasteiger partial charge in [0.25, 0.3) is 0 Å². The van der Waals surface area contributed by atoms with Crippen molar-refractivity contribution in [2.24, 2.45) is 0 Å². The zero-order valence-corrected chi connectivity index (χ0v) is 12.3. The van der Waals surface area contributed by atoms with Crippen LogP contribution < -0.4 is 5.32 Å². The van der Waals surface area contributed by atoms with Crippen LogP contribution in [0.4, 0.5) is 4.39 Å². The van der Waals surface area contributed by atoms with Crippen LogP contribution in [0, 0.1) is 12.7 Å². The third-order valence-corrected chi connectivity index (χ3v) is 4.38. The molecule has 2 rings (SSSR count). The van der Waals surface area contributed by atoms with Crippen molar-refractivity contribution in [2.75, 3.05) is 7.05 Å². The summed E-state index contributed by atoms with van der Waals surface area (Å²) in [4.78, 5) is 1.42. The lowest BCUT2D eigenvalue weighted by Crippen LogP contribution is -2.16. The van der Waals surface area contributed by atoms with E-state index in [2.05, 4.69) is 22.8 Å². The first kappa shape index (κ1) is 14.2. The van der Waals surface area contributed by atoms with Gasteiger partial charge in [0.05, 0.1) is 0 Å². The van der Waals surface area contributed by atoms with Crippen molar-refractivity contribution >= 4 is 11.3 Å². The topological polar surface area (TPSA) is 12.0 Å². The largest absolute Gasteiger partial charge is 0.313 e. The lowest BCUT2D eigenvalue weighted by molar-refractivity contribution is 0.522.